The fourth-order valence-electron chi connectivity index (χ4n) is 3.46. The van der Waals surface area contributed by atoms with E-state index in [0.29, 0.717) is 31.1 Å². The smallest absolute Gasteiger partial charge is 0.243 e. The van der Waals surface area contributed by atoms with Crippen LogP contribution in [-0.2, 0) is 14.8 Å². The Hall–Kier alpha value is -1.48. The van der Waals surface area contributed by atoms with Crippen LogP contribution in [-0.4, -0.2) is 87.3 Å². The number of sulfonamides is 1. The molecule has 1 heterocycles. The number of carbonyl (C=O) groups is 1. The van der Waals surface area contributed by atoms with Crippen LogP contribution in [0.15, 0.2) is 23.1 Å². The average Bonchev–Trinajstić information content (AvgIpc) is 2.72. The van der Waals surface area contributed by atoms with E-state index in [1.807, 2.05) is 24.8 Å². The summed E-state index contributed by atoms with van der Waals surface area (Å²) in [4.78, 5) is 16.9. The number of carbonyl (C=O) groups excluding carboxylic acids is 1. The zero-order valence-electron chi connectivity index (χ0n) is 18.3. The normalized spacial score (nSPS) is 15.3. The molecule has 164 valence electrons. The zero-order chi connectivity index (χ0) is 21.4. The highest BCUT2D eigenvalue weighted by Crippen LogP contribution is 2.20. The maximum absolute atomic E-state index is 13.3. The first-order valence-corrected chi connectivity index (χ1v) is 12.0. The van der Waals surface area contributed by atoms with Crippen molar-refractivity contribution in [2.45, 2.75) is 39.0 Å². The fraction of sp³-hybridized carbons (Fsp3) is 0.667. The van der Waals surface area contributed by atoms with Gasteiger partial charge in [0.2, 0.25) is 15.9 Å². The summed E-state index contributed by atoms with van der Waals surface area (Å²) in [5.41, 5.74) is 2.01. The number of benzene rings is 1. The minimum absolute atomic E-state index is 0.0228. The van der Waals surface area contributed by atoms with E-state index < -0.39 is 10.0 Å². The highest BCUT2D eigenvalue weighted by atomic mass is 32.2. The van der Waals surface area contributed by atoms with E-state index in [0.717, 1.165) is 37.3 Å². The van der Waals surface area contributed by atoms with E-state index in [2.05, 4.69) is 24.1 Å². The summed E-state index contributed by atoms with van der Waals surface area (Å²) < 4.78 is 28.2. The second-order valence-corrected chi connectivity index (χ2v) is 9.50. The molecule has 0 atom stereocenters. The van der Waals surface area contributed by atoms with Crippen LogP contribution in [0.1, 0.15) is 31.4 Å². The standard InChI is InChI=1S/C21H36N4O3S/c1-5-23(6-2)15-16-25(12-9-21(26)24-13-10-22-11-14-24)29(27,28)20-8-7-18(3)19(4)17-20/h7-8,17,22H,5-6,9-16H2,1-4H3. The highest BCUT2D eigenvalue weighted by Gasteiger charge is 2.27. The Kier molecular flexibility index (Phi) is 9.07. The van der Waals surface area contributed by atoms with Crippen LogP contribution in [0.5, 0.6) is 0 Å². The van der Waals surface area contributed by atoms with Crippen LogP contribution < -0.4 is 5.32 Å². The Morgan fingerprint density at radius 1 is 1.03 bits per heavy atom. The molecule has 1 N–H and O–H groups in total. The van der Waals surface area contributed by atoms with Crippen LogP contribution in [0.3, 0.4) is 0 Å². The van der Waals surface area contributed by atoms with Crippen molar-refractivity contribution in [1.82, 2.24) is 19.4 Å². The Bertz CT molecular complexity index is 772. The van der Waals surface area contributed by atoms with E-state index in [9.17, 15) is 13.2 Å². The quantitative estimate of drug-likeness (QED) is 0.616. The van der Waals surface area contributed by atoms with Crippen LogP contribution in [0.2, 0.25) is 0 Å². The van der Waals surface area contributed by atoms with E-state index in [4.69, 9.17) is 0 Å². The van der Waals surface area contributed by atoms with Gasteiger partial charge in [0, 0.05) is 52.2 Å². The van der Waals surface area contributed by atoms with Gasteiger partial charge in [0.15, 0.2) is 0 Å². The summed E-state index contributed by atoms with van der Waals surface area (Å²) in [7, 11) is -3.66. The van der Waals surface area contributed by atoms with Gasteiger partial charge in [-0.3, -0.25) is 4.79 Å². The van der Waals surface area contributed by atoms with Gasteiger partial charge >= 0.3 is 0 Å². The van der Waals surface area contributed by atoms with Gasteiger partial charge in [0.1, 0.15) is 0 Å². The van der Waals surface area contributed by atoms with Crippen LogP contribution in [0.4, 0.5) is 0 Å². The van der Waals surface area contributed by atoms with Crippen molar-refractivity contribution in [1.29, 1.82) is 0 Å². The number of aryl methyl sites for hydroxylation is 2. The second-order valence-electron chi connectivity index (χ2n) is 7.56. The van der Waals surface area contributed by atoms with Crippen molar-refractivity contribution in [3.05, 3.63) is 29.3 Å². The maximum Gasteiger partial charge on any atom is 0.243 e. The van der Waals surface area contributed by atoms with Crippen molar-refractivity contribution in [2.75, 3.05) is 58.9 Å². The average molecular weight is 425 g/mol. The van der Waals surface area contributed by atoms with E-state index in [-0.39, 0.29) is 18.9 Å². The molecule has 1 aliphatic heterocycles. The number of hydrogen-bond donors (Lipinski definition) is 1. The Morgan fingerprint density at radius 3 is 2.28 bits per heavy atom. The molecule has 1 amide bonds. The second kappa shape index (κ2) is 11.1. The summed E-state index contributed by atoms with van der Waals surface area (Å²) in [5.74, 6) is 0.0228. The van der Waals surface area contributed by atoms with Crippen molar-refractivity contribution in [2.24, 2.45) is 0 Å². The summed E-state index contributed by atoms with van der Waals surface area (Å²) in [6.45, 7) is 13.9. The Morgan fingerprint density at radius 2 is 1.69 bits per heavy atom. The predicted molar refractivity (Wildman–Crippen MR) is 117 cm³/mol. The lowest BCUT2D eigenvalue weighted by Gasteiger charge is -2.29. The molecule has 0 unspecified atom stereocenters. The van der Waals surface area contributed by atoms with Gasteiger partial charge in [-0.15, -0.1) is 0 Å². The molecule has 0 aromatic heterocycles. The molecule has 8 heteroatoms. The van der Waals surface area contributed by atoms with Crippen molar-refractivity contribution in [3.8, 4) is 0 Å². The molecular formula is C21H36N4O3S. The van der Waals surface area contributed by atoms with E-state index in [1.54, 1.807) is 12.1 Å². The molecule has 1 aromatic carbocycles. The molecule has 1 aliphatic rings. The lowest BCUT2D eigenvalue weighted by Crippen LogP contribution is -2.47. The third kappa shape index (κ3) is 6.50. The first-order chi connectivity index (χ1) is 13.8. The van der Waals surface area contributed by atoms with Gasteiger partial charge in [0.25, 0.3) is 0 Å². The van der Waals surface area contributed by atoms with Crippen molar-refractivity contribution >= 4 is 15.9 Å². The maximum atomic E-state index is 13.3. The molecule has 29 heavy (non-hydrogen) atoms. The summed E-state index contributed by atoms with van der Waals surface area (Å²) in [6.07, 6.45) is 0.211. The predicted octanol–water partition coefficient (Wildman–Crippen LogP) is 1.46. The minimum Gasteiger partial charge on any atom is -0.340 e. The number of likely N-dealkylation sites (N-methyl/N-ethyl adjacent to an activating group) is 1. The first kappa shape index (κ1) is 23.8. The summed E-state index contributed by atoms with van der Waals surface area (Å²) in [6, 6.07) is 5.24. The molecule has 2 rings (SSSR count). The number of nitrogens with zero attached hydrogens (tertiary/aromatic N) is 3. The number of nitrogens with one attached hydrogen (secondary N) is 1. The monoisotopic (exact) mass is 424 g/mol. The topological polar surface area (TPSA) is 73.0 Å². The lowest BCUT2D eigenvalue weighted by molar-refractivity contribution is -0.131. The molecule has 1 saturated heterocycles. The molecule has 1 aromatic rings. The van der Waals surface area contributed by atoms with Crippen LogP contribution >= 0.6 is 0 Å². The van der Waals surface area contributed by atoms with E-state index in [1.165, 1.54) is 4.31 Å². The lowest BCUT2D eigenvalue weighted by atomic mass is 10.1. The van der Waals surface area contributed by atoms with Gasteiger partial charge in [-0.05, 0) is 50.2 Å². The first-order valence-electron chi connectivity index (χ1n) is 10.6. The Labute approximate surface area is 176 Å². The molecule has 0 saturated carbocycles. The van der Waals surface area contributed by atoms with Gasteiger partial charge < -0.3 is 15.1 Å². The third-order valence-electron chi connectivity index (χ3n) is 5.72. The number of rotatable bonds is 10. The molecule has 0 bridgehead atoms. The molecule has 1 fully saturated rings. The summed E-state index contributed by atoms with van der Waals surface area (Å²) >= 11 is 0. The largest absolute Gasteiger partial charge is 0.340 e. The molecule has 0 radical (unpaired) electrons. The SMILES string of the molecule is CCN(CC)CCN(CCC(=O)N1CCNCC1)S(=O)(=O)c1ccc(C)c(C)c1. The van der Waals surface area contributed by atoms with Gasteiger partial charge in [0.05, 0.1) is 4.90 Å². The van der Waals surface area contributed by atoms with Crippen molar-refractivity contribution < 1.29 is 13.2 Å². The van der Waals surface area contributed by atoms with Crippen LogP contribution in [0.25, 0.3) is 0 Å². The van der Waals surface area contributed by atoms with E-state index >= 15 is 0 Å². The van der Waals surface area contributed by atoms with Gasteiger partial charge in [-0.1, -0.05) is 19.9 Å². The molecule has 7 nitrogen and oxygen atoms in total. The summed E-state index contributed by atoms with van der Waals surface area (Å²) in [5, 5.41) is 3.23. The molecule has 0 spiro atoms. The zero-order valence-corrected chi connectivity index (χ0v) is 19.1. The number of hydrogen-bond acceptors (Lipinski definition) is 5. The molecule has 0 aliphatic carbocycles. The number of piperazine rings is 1. The van der Waals surface area contributed by atoms with Gasteiger partial charge in [-0.25, -0.2) is 8.42 Å². The minimum atomic E-state index is -3.66. The molecular weight excluding hydrogens is 388 g/mol. The van der Waals surface area contributed by atoms with Crippen LogP contribution in [0, 0.1) is 13.8 Å². The van der Waals surface area contributed by atoms with Crippen molar-refractivity contribution in [3.63, 3.8) is 0 Å². The van der Waals surface area contributed by atoms with Gasteiger partial charge in [-0.2, -0.15) is 4.31 Å². The fourth-order valence-corrected chi connectivity index (χ4v) is 4.98. The Balaban J connectivity index is 2.16. The number of amides is 1. The highest BCUT2D eigenvalue weighted by molar-refractivity contribution is 7.89. The third-order valence-corrected chi connectivity index (χ3v) is 7.62.